The van der Waals surface area contributed by atoms with Gasteiger partial charge in [-0.05, 0) is 36.2 Å². The summed E-state index contributed by atoms with van der Waals surface area (Å²) in [6.45, 7) is 0.975. The summed E-state index contributed by atoms with van der Waals surface area (Å²) in [5.74, 6) is 1.98. The number of allylic oxidation sites excluding steroid dienone is 2. The van der Waals surface area contributed by atoms with Crippen LogP contribution >= 0.6 is 35.1 Å². The Morgan fingerprint density at radius 2 is 2.17 bits per heavy atom. The summed E-state index contributed by atoms with van der Waals surface area (Å²) in [6, 6.07) is 5.55. The van der Waals surface area contributed by atoms with Crippen molar-refractivity contribution in [2.75, 3.05) is 12.3 Å². The van der Waals surface area contributed by atoms with E-state index in [1.807, 2.05) is 30.5 Å². The minimum absolute atomic E-state index is 0.646. The molecule has 0 bridgehead atoms. The lowest BCUT2D eigenvalue weighted by Crippen LogP contribution is -2.32. The molecule has 0 aliphatic carbocycles. The summed E-state index contributed by atoms with van der Waals surface area (Å²) >= 11 is 13.8. The molecule has 2 aliphatic heterocycles. The lowest BCUT2D eigenvalue weighted by molar-refractivity contribution is 0.594. The van der Waals surface area contributed by atoms with Crippen LogP contribution in [0.1, 0.15) is 5.56 Å². The van der Waals surface area contributed by atoms with Crippen LogP contribution in [0.5, 0.6) is 0 Å². The smallest absolute Gasteiger partial charge is 0.148 e. The van der Waals surface area contributed by atoms with Crippen LogP contribution in [0.4, 0.5) is 0 Å². The van der Waals surface area contributed by atoms with E-state index in [2.05, 4.69) is 9.30 Å². The molecule has 5 heteroatoms. The predicted octanol–water partition coefficient (Wildman–Crippen LogP) is 4.27. The van der Waals surface area contributed by atoms with Crippen molar-refractivity contribution in [2.24, 2.45) is 4.40 Å². The highest BCUT2D eigenvalue weighted by Gasteiger charge is 2.22. The van der Waals surface area contributed by atoms with E-state index in [0.29, 0.717) is 10.0 Å². The largest absolute Gasteiger partial charge is 0.331 e. The Bertz CT molecular complexity index is 578. The molecule has 0 unspecified atom stereocenters. The molecule has 0 fully saturated rings. The van der Waals surface area contributed by atoms with Crippen LogP contribution in [0.25, 0.3) is 5.57 Å². The Kier molecular flexibility index (Phi) is 3.37. The maximum Gasteiger partial charge on any atom is 0.148 e. The monoisotopic (exact) mass is 296 g/mol. The van der Waals surface area contributed by atoms with E-state index >= 15 is 0 Å². The summed E-state index contributed by atoms with van der Waals surface area (Å²) < 4.78 is 4.52. The molecule has 92 valence electrons. The number of hydrogen-bond acceptors (Lipinski definition) is 3. The number of amidine groups is 1. The lowest BCUT2D eigenvalue weighted by Gasteiger charge is -2.29. The molecule has 0 amide bonds. The molecule has 2 nitrogen and oxygen atoms in total. The molecule has 3 rings (SSSR count). The van der Waals surface area contributed by atoms with Gasteiger partial charge in [-0.2, -0.15) is 4.40 Å². The first kappa shape index (κ1) is 12.2. The van der Waals surface area contributed by atoms with Crippen molar-refractivity contribution in [3.63, 3.8) is 0 Å². The van der Waals surface area contributed by atoms with Gasteiger partial charge in [-0.3, -0.25) is 0 Å². The van der Waals surface area contributed by atoms with Gasteiger partial charge in [0.25, 0.3) is 0 Å². The summed E-state index contributed by atoms with van der Waals surface area (Å²) in [7, 11) is 0. The van der Waals surface area contributed by atoms with E-state index in [1.165, 1.54) is 0 Å². The highest BCUT2D eigenvalue weighted by molar-refractivity contribution is 7.98. The minimum Gasteiger partial charge on any atom is -0.331 e. The van der Waals surface area contributed by atoms with Crippen LogP contribution in [-0.4, -0.2) is 23.0 Å². The second-order valence-electron chi connectivity index (χ2n) is 3.99. The number of rotatable bonds is 1. The molecule has 0 saturated carbocycles. The van der Waals surface area contributed by atoms with E-state index in [9.17, 15) is 0 Å². The first-order valence-corrected chi connectivity index (χ1v) is 7.26. The molecule has 0 aromatic heterocycles. The predicted molar refractivity (Wildman–Crippen MR) is 80.2 cm³/mol. The fourth-order valence-electron chi connectivity index (χ4n) is 1.99. The van der Waals surface area contributed by atoms with Gasteiger partial charge in [0.15, 0.2) is 0 Å². The van der Waals surface area contributed by atoms with Gasteiger partial charge < -0.3 is 4.90 Å². The quantitative estimate of drug-likeness (QED) is 0.719. The summed E-state index contributed by atoms with van der Waals surface area (Å²) in [6.07, 6.45) is 6.11. The fraction of sp³-hybridized carbons (Fsp3) is 0.154. The number of benzene rings is 1. The van der Waals surface area contributed by atoms with Gasteiger partial charge in [-0.15, -0.1) is 0 Å². The second kappa shape index (κ2) is 5.00. The summed E-state index contributed by atoms with van der Waals surface area (Å²) in [4.78, 5) is 2.15. The zero-order valence-electron chi connectivity index (χ0n) is 9.44. The number of nitrogens with zero attached hydrogens (tertiary/aromatic N) is 2. The number of halogens is 2. The maximum atomic E-state index is 6.26. The number of hydrogen-bond donors (Lipinski definition) is 0. The molecular formula is C13H10Cl2N2S. The zero-order valence-corrected chi connectivity index (χ0v) is 11.8. The van der Waals surface area contributed by atoms with Crippen molar-refractivity contribution in [2.45, 2.75) is 0 Å². The van der Waals surface area contributed by atoms with Crippen molar-refractivity contribution in [1.82, 2.24) is 4.90 Å². The summed E-state index contributed by atoms with van der Waals surface area (Å²) in [5, 5.41) is 1.30. The van der Waals surface area contributed by atoms with Crippen molar-refractivity contribution in [3.05, 3.63) is 52.2 Å². The van der Waals surface area contributed by atoms with Gasteiger partial charge in [0, 0.05) is 34.7 Å². The van der Waals surface area contributed by atoms with E-state index in [1.54, 1.807) is 18.0 Å². The Balaban J connectivity index is 2.07. The molecule has 1 aromatic rings. The Morgan fingerprint density at radius 1 is 1.28 bits per heavy atom. The van der Waals surface area contributed by atoms with Crippen molar-refractivity contribution in [3.8, 4) is 0 Å². The Labute approximate surface area is 120 Å². The lowest BCUT2D eigenvalue weighted by atomic mass is 10.0. The molecule has 0 atom stereocenters. The van der Waals surface area contributed by atoms with Crippen molar-refractivity contribution in [1.29, 1.82) is 0 Å². The fourth-order valence-corrected chi connectivity index (χ4v) is 3.19. The topological polar surface area (TPSA) is 15.6 Å². The van der Waals surface area contributed by atoms with E-state index < -0.39 is 0 Å². The Hall–Kier alpha value is -0.900. The molecule has 2 heterocycles. The van der Waals surface area contributed by atoms with Gasteiger partial charge in [0.2, 0.25) is 0 Å². The van der Waals surface area contributed by atoms with Gasteiger partial charge in [-0.25, -0.2) is 0 Å². The van der Waals surface area contributed by atoms with Crippen LogP contribution in [0.2, 0.25) is 10.0 Å². The molecule has 0 spiro atoms. The van der Waals surface area contributed by atoms with Crippen LogP contribution in [-0.2, 0) is 0 Å². The van der Waals surface area contributed by atoms with E-state index in [0.717, 1.165) is 29.3 Å². The molecule has 0 saturated heterocycles. The van der Waals surface area contributed by atoms with E-state index in [4.69, 9.17) is 23.2 Å². The van der Waals surface area contributed by atoms with E-state index in [-0.39, 0.29) is 0 Å². The molecule has 0 N–H and O–H groups in total. The van der Waals surface area contributed by atoms with Gasteiger partial charge in [0.1, 0.15) is 5.84 Å². The summed E-state index contributed by atoms with van der Waals surface area (Å²) in [5.41, 5.74) is 2.02. The van der Waals surface area contributed by atoms with Gasteiger partial charge >= 0.3 is 0 Å². The van der Waals surface area contributed by atoms with Crippen molar-refractivity contribution >= 4 is 46.6 Å². The minimum atomic E-state index is 0.646. The average Bonchev–Trinajstić information content (AvgIpc) is 2.38. The standard InChI is InChI=1S/C13H10Cl2N2S/c14-9-3-4-10(12(15)8-9)11-2-1-5-17-6-7-18-16-13(11)17/h1-5,8H,6-7H2. The third-order valence-electron chi connectivity index (χ3n) is 2.84. The molecule has 2 aliphatic rings. The molecule has 18 heavy (non-hydrogen) atoms. The first-order chi connectivity index (χ1) is 8.75. The van der Waals surface area contributed by atoms with Crippen molar-refractivity contribution < 1.29 is 0 Å². The highest BCUT2D eigenvalue weighted by Crippen LogP contribution is 2.32. The number of fused-ring (bicyclic) bond motifs is 1. The third-order valence-corrected chi connectivity index (χ3v) is 4.05. The third kappa shape index (κ3) is 2.18. The second-order valence-corrected chi connectivity index (χ2v) is 5.68. The van der Waals surface area contributed by atoms with Crippen LogP contribution < -0.4 is 0 Å². The SMILES string of the molecule is Clc1ccc(C2=CC=CN3CCSN=C23)c(Cl)c1. The Morgan fingerprint density at radius 3 is 3.00 bits per heavy atom. The van der Waals surface area contributed by atoms with Gasteiger partial charge in [-0.1, -0.05) is 29.3 Å². The van der Waals surface area contributed by atoms with Crippen LogP contribution in [0, 0.1) is 0 Å². The molecule has 0 radical (unpaired) electrons. The molecular weight excluding hydrogens is 287 g/mol. The zero-order chi connectivity index (χ0) is 12.5. The molecule has 1 aromatic carbocycles. The highest BCUT2D eigenvalue weighted by atomic mass is 35.5. The van der Waals surface area contributed by atoms with Gasteiger partial charge in [0.05, 0.1) is 5.02 Å². The maximum absolute atomic E-state index is 6.26. The van der Waals surface area contributed by atoms with Crippen LogP contribution in [0.3, 0.4) is 0 Å². The average molecular weight is 297 g/mol. The first-order valence-electron chi connectivity index (χ1n) is 5.56. The van der Waals surface area contributed by atoms with Crippen LogP contribution in [0.15, 0.2) is 40.9 Å². The normalized spacial score (nSPS) is 18.2.